The van der Waals surface area contributed by atoms with Crippen molar-refractivity contribution >= 4 is 33.4 Å². The van der Waals surface area contributed by atoms with E-state index in [9.17, 15) is 0 Å². The first-order chi connectivity index (χ1) is 10.5. The van der Waals surface area contributed by atoms with E-state index >= 15 is 0 Å². The van der Waals surface area contributed by atoms with Gasteiger partial charge in [0, 0.05) is 32.4 Å². The van der Waals surface area contributed by atoms with Crippen molar-refractivity contribution in [2.24, 2.45) is 0 Å². The van der Waals surface area contributed by atoms with Gasteiger partial charge in [-0.3, -0.25) is 4.90 Å². The van der Waals surface area contributed by atoms with Crippen molar-refractivity contribution in [3.05, 3.63) is 0 Å². The molecule has 0 spiro atoms. The van der Waals surface area contributed by atoms with Gasteiger partial charge < -0.3 is 13.6 Å². The average Bonchev–Trinajstić information content (AvgIpc) is 2.45. The van der Waals surface area contributed by atoms with Crippen molar-refractivity contribution in [2.45, 2.75) is 40.5 Å². The summed E-state index contributed by atoms with van der Waals surface area (Å²) in [4.78, 5) is 2.38. The van der Waals surface area contributed by atoms with Crippen LogP contribution < -0.4 is 0 Å². The average molecular weight is 374 g/mol. The molecule has 4 nitrogen and oxygen atoms in total. The van der Waals surface area contributed by atoms with Crippen LogP contribution in [0, 0.1) is 0 Å². The zero-order valence-corrected chi connectivity index (χ0v) is 17.3. The van der Waals surface area contributed by atoms with Crippen molar-refractivity contribution < 1.29 is 13.6 Å². The van der Waals surface area contributed by atoms with Gasteiger partial charge in [0.1, 0.15) is 0 Å². The summed E-state index contributed by atoms with van der Waals surface area (Å²) < 4.78 is 17.5. The quantitative estimate of drug-likeness (QED) is 0.297. The normalized spacial score (nSPS) is 14.7. The first-order valence-corrected chi connectivity index (χ1v) is 12.4. The summed E-state index contributed by atoms with van der Waals surface area (Å²) in [5.74, 6) is 0.669. The molecular formula is C15H34ClNO3P2. The summed E-state index contributed by atoms with van der Waals surface area (Å²) in [7, 11) is -2.50. The molecule has 0 heterocycles. The Bertz CT molecular complexity index is 293. The van der Waals surface area contributed by atoms with Crippen LogP contribution in [0.3, 0.4) is 0 Å². The van der Waals surface area contributed by atoms with Gasteiger partial charge in [-0.05, 0) is 33.4 Å². The highest BCUT2D eigenvalue weighted by Crippen LogP contribution is 2.49. The van der Waals surface area contributed by atoms with Crippen LogP contribution in [0.2, 0.25) is 0 Å². The molecule has 0 aromatic rings. The second-order valence-corrected chi connectivity index (χ2v) is 10.0. The van der Waals surface area contributed by atoms with E-state index < -0.39 is 15.5 Å². The Morgan fingerprint density at radius 1 is 1.09 bits per heavy atom. The number of hydrogen-bond donors (Lipinski definition) is 0. The minimum absolute atomic E-state index is 0.669. The lowest BCUT2D eigenvalue weighted by atomic mass is 10.5. The Morgan fingerprint density at radius 2 is 1.73 bits per heavy atom. The molecule has 0 aliphatic heterocycles. The maximum Gasteiger partial charge on any atom is 0.185 e. The zero-order valence-electron chi connectivity index (χ0n) is 14.7. The lowest BCUT2D eigenvalue weighted by Gasteiger charge is -2.33. The van der Waals surface area contributed by atoms with Crippen molar-refractivity contribution in [3.8, 4) is 0 Å². The Hall–Kier alpha value is 0.860. The Labute approximate surface area is 143 Å². The molecule has 1 unspecified atom stereocenters. The maximum atomic E-state index is 6.03. The maximum absolute atomic E-state index is 6.03. The van der Waals surface area contributed by atoms with Crippen molar-refractivity contribution in [3.63, 3.8) is 0 Å². The van der Waals surface area contributed by atoms with E-state index in [-0.39, 0.29) is 0 Å². The first kappa shape index (κ1) is 22.9. The molecule has 0 rings (SSSR count). The molecular weight excluding hydrogens is 340 g/mol. The van der Waals surface area contributed by atoms with Gasteiger partial charge in [-0.25, -0.2) is 0 Å². The highest BCUT2D eigenvalue weighted by atomic mass is 35.5. The van der Waals surface area contributed by atoms with Crippen LogP contribution in [-0.2, 0) is 13.6 Å². The summed E-state index contributed by atoms with van der Waals surface area (Å²) in [5, 5.41) is 0. The van der Waals surface area contributed by atoms with E-state index in [2.05, 4.69) is 18.1 Å². The van der Waals surface area contributed by atoms with Crippen molar-refractivity contribution in [2.75, 3.05) is 51.0 Å². The second kappa shape index (κ2) is 14.2. The van der Waals surface area contributed by atoms with Crippen LogP contribution in [-0.4, -0.2) is 62.2 Å². The molecule has 0 saturated carbocycles. The molecule has 0 fully saturated rings. The predicted molar refractivity (Wildman–Crippen MR) is 103 cm³/mol. The lowest BCUT2D eigenvalue weighted by molar-refractivity contribution is 0.245. The molecule has 0 aliphatic rings. The summed E-state index contributed by atoms with van der Waals surface area (Å²) in [6.07, 6.45) is 9.25. The molecule has 0 aromatic heterocycles. The monoisotopic (exact) mass is 373 g/mol. The van der Waals surface area contributed by atoms with Crippen LogP contribution in [0.4, 0.5) is 0 Å². The standard InChI is InChI=1S/C15H34ClNO3P2/c1-6-13-22(5,20-9-4)15-17(12-10-11-16)14-21(18-7-2)19-8-3/h5-15H2,1-4H3. The number of hydrogen-bond acceptors (Lipinski definition) is 4. The fourth-order valence-electron chi connectivity index (χ4n) is 2.26. The van der Waals surface area contributed by atoms with Gasteiger partial charge in [-0.15, -0.1) is 11.6 Å². The Kier molecular flexibility index (Phi) is 14.8. The molecule has 22 heavy (non-hydrogen) atoms. The smallest absolute Gasteiger partial charge is 0.185 e. The Morgan fingerprint density at radius 3 is 2.18 bits per heavy atom. The van der Waals surface area contributed by atoms with Crippen LogP contribution in [0.1, 0.15) is 40.5 Å². The van der Waals surface area contributed by atoms with E-state index in [0.29, 0.717) is 19.1 Å². The predicted octanol–water partition coefficient (Wildman–Crippen LogP) is 5.03. The molecule has 0 aromatic carbocycles. The number of alkyl halides is 1. The van der Waals surface area contributed by atoms with Gasteiger partial charge in [0.15, 0.2) is 8.38 Å². The van der Waals surface area contributed by atoms with E-state index in [0.717, 1.165) is 44.7 Å². The molecule has 134 valence electrons. The largest absolute Gasteiger partial charge is 0.361 e. The summed E-state index contributed by atoms with van der Waals surface area (Å²) >= 11 is 5.88. The van der Waals surface area contributed by atoms with E-state index in [4.69, 9.17) is 25.2 Å². The topological polar surface area (TPSA) is 30.9 Å². The van der Waals surface area contributed by atoms with Crippen LogP contribution >= 0.6 is 27.1 Å². The van der Waals surface area contributed by atoms with Gasteiger partial charge in [-0.2, -0.15) is 0 Å². The third-order valence-electron chi connectivity index (χ3n) is 2.96. The van der Waals surface area contributed by atoms with Gasteiger partial charge in [0.2, 0.25) is 0 Å². The van der Waals surface area contributed by atoms with Gasteiger partial charge in [-0.1, -0.05) is 19.6 Å². The van der Waals surface area contributed by atoms with Crippen LogP contribution in [0.15, 0.2) is 0 Å². The summed E-state index contributed by atoms with van der Waals surface area (Å²) in [6.45, 7) is 11.3. The molecule has 0 aliphatic carbocycles. The highest BCUT2D eigenvalue weighted by molar-refractivity contribution is 7.69. The van der Waals surface area contributed by atoms with E-state index in [1.165, 1.54) is 0 Å². The molecule has 0 N–H and O–H groups in total. The molecule has 0 radical (unpaired) electrons. The molecule has 1 atom stereocenters. The van der Waals surface area contributed by atoms with Crippen LogP contribution in [0.5, 0.6) is 0 Å². The van der Waals surface area contributed by atoms with E-state index in [1.54, 1.807) is 0 Å². The minimum atomic E-state index is -1.63. The van der Waals surface area contributed by atoms with Gasteiger partial charge in [0.25, 0.3) is 0 Å². The van der Waals surface area contributed by atoms with Crippen LogP contribution in [0.25, 0.3) is 0 Å². The summed E-state index contributed by atoms with van der Waals surface area (Å²) in [5.41, 5.74) is 0. The van der Waals surface area contributed by atoms with E-state index in [1.807, 2.05) is 20.8 Å². The third-order valence-corrected chi connectivity index (χ3v) is 7.94. The molecule has 7 heteroatoms. The highest BCUT2D eigenvalue weighted by Gasteiger charge is 2.22. The molecule has 0 amide bonds. The minimum Gasteiger partial charge on any atom is -0.361 e. The summed E-state index contributed by atoms with van der Waals surface area (Å²) in [6, 6.07) is 0. The van der Waals surface area contributed by atoms with Crippen molar-refractivity contribution in [1.82, 2.24) is 4.90 Å². The zero-order chi connectivity index (χ0) is 16.8. The fourth-order valence-corrected chi connectivity index (χ4v) is 6.61. The lowest BCUT2D eigenvalue weighted by Crippen LogP contribution is -2.28. The Balaban J connectivity index is 4.80. The van der Waals surface area contributed by atoms with Crippen molar-refractivity contribution in [1.29, 1.82) is 0 Å². The first-order valence-electron chi connectivity index (χ1n) is 8.22. The van der Waals surface area contributed by atoms with Gasteiger partial charge >= 0.3 is 0 Å². The number of rotatable bonds is 15. The second-order valence-electron chi connectivity index (χ2n) is 5.09. The fraction of sp³-hybridized carbons (Fsp3) is 0.933. The third kappa shape index (κ3) is 10.6. The number of nitrogens with zero attached hydrogens (tertiary/aromatic N) is 1. The molecule has 0 bridgehead atoms. The number of halogens is 1. The molecule has 0 saturated heterocycles. The van der Waals surface area contributed by atoms with Gasteiger partial charge in [0.05, 0.1) is 19.5 Å². The SMILES string of the molecule is C=P(CCC)(CN(CCCCl)CP(OCC)OCC)OCC.